The summed E-state index contributed by atoms with van der Waals surface area (Å²) in [6.45, 7) is 2.36. The third-order valence-electron chi connectivity index (χ3n) is 4.31. The smallest absolute Gasteiger partial charge is 0.253 e. The van der Waals surface area contributed by atoms with E-state index in [1.807, 2.05) is 12.1 Å². The van der Waals surface area contributed by atoms with Gasteiger partial charge in [0, 0.05) is 19.3 Å². The van der Waals surface area contributed by atoms with Gasteiger partial charge in [0.05, 0.1) is 12.1 Å². The summed E-state index contributed by atoms with van der Waals surface area (Å²) in [6, 6.07) is 3.74. The summed E-state index contributed by atoms with van der Waals surface area (Å²) in [6.07, 6.45) is 13.7. The van der Waals surface area contributed by atoms with Gasteiger partial charge in [-0.05, 0) is 36.8 Å². The van der Waals surface area contributed by atoms with Crippen LogP contribution in [0.25, 0.3) is 0 Å². The molecule has 2 aliphatic rings. The zero-order chi connectivity index (χ0) is 14.7. The van der Waals surface area contributed by atoms with Crippen LogP contribution in [-0.2, 0) is 0 Å². The fourth-order valence-electron chi connectivity index (χ4n) is 3.14. The summed E-state index contributed by atoms with van der Waals surface area (Å²) in [4.78, 5) is 18.5. The van der Waals surface area contributed by atoms with Crippen LogP contribution >= 0.6 is 0 Å². The highest BCUT2D eigenvalue weighted by molar-refractivity contribution is 5.94. The zero-order valence-corrected chi connectivity index (χ0v) is 12.0. The number of nitrogens with zero attached hydrogens (tertiary/aromatic N) is 2. The topological polar surface area (TPSA) is 45.2 Å². The second-order valence-corrected chi connectivity index (χ2v) is 5.66. The normalized spacial score (nSPS) is 23.5. The lowest BCUT2D eigenvalue weighted by Gasteiger charge is -2.17. The number of nitrogens with one attached hydrogen (secondary N) is 1. The number of terminal acetylenes is 1. The lowest BCUT2D eigenvalue weighted by molar-refractivity contribution is 0.0958. The highest BCUT2D eigenvalue weighted by Gasteiger charge is 2.33. The second kappa shape index (κ2) is 6.01. The third-order valence-corrected chi connectivity index (χ3v) is 4.31. The molecule has 1 aromatic rings. The van der Waals surface area contributed by atoms with Gasteiger partial charge in [0.2, 0.25) is 0 Å². The lowest BCUT2D eigenvalue weighted by Crippen LogP contribution is -2.24. The molecular formula is C17H19N3O. The number of carbonyl (C=O) groups is 1. The first-order valence-corrected chi connectivity index (χ1v) is 7.35. The standard InChI is InChI=1S/C17H19N3O/c1-2-9-18-17(21)13-7-8-16(19-10-13)20-11-14-5-3-4-6-15(14)12-20/h1,3-4,7-8,10,14-15H,5-6,9,11-12H2,(H,18,21). The molecule has 2 unspecified atom stereocenters. The summed E-state index contributed by atoms with van der Waals surface area (Å²) in [5, 5.41) is 2.64. The highest BCUT2D eigenvalue weighted by atomic mass is 16.1. The molecule has 1 aliphatic heterocycles. The van der Waals surface area contributed by atoms with Crippen LogP contribution in [-0.4, -0.2) is 30.5 Å². The Morgan fingerprint density at radius 3 is 2.62 bits per heavy atom. The van der Waals surface area contributed by atoms with E-state index in [0.29, 0.717) is 5.56 Å². The molecule has 0 spiro atoms. The molecule has 0 bridgehead atoms. The molecule has 3 rings (SSSR count). The first-order chi connectivity index (χ1) is 10.3. The minimum absolute atomic E-state index is 0.175. The summed E-state index contributed by atoms with van der Waals surface area (Å²) in [5.41, 5.74) is 0.548. The number of amides is 1. The third kappa shape index (κ3) is 2.92. The number of anilines is 1. The van der Waals surface area contributed by atoms with Crippen LogP contribution in [0.3, 0.4) is 0 Å². The van der Waals surface area contributed by atoms with Gasteiger partial charge in [0.15, 0.2) is 0 Å². The van der Waals surface area contributed by atoms with Crippen LogP contribution in [0, 0.1) is 24.2 Å². The van der Waals surface area contributed by atoms with E-state index >= 15 is 0 Å². The Labute approximate surface area is 125 Å². The van der Waals surface area contributed by atoms with Gasteiger partial charge in [-0.15, -0.1) is 6.42 Å². The minimum Gasteiger partial charge on any atom is -0.356 e. The van der Waals surface area contributed by atoms with Crippen molar-refractivity contribution in [2.24, 2.45) is 11.8 Å². The van der Waals surface area contributed by atoms with Crippen molar-refractivity contribution in [3.63, 3.8) is 0 Å². The van der Waals surface area contributed by atoms with E-state index in [4.69, 9.17) is 6.42 Å². The number of rotatable bonds is 3. The molecule has 1 aliphatic carbocycles. The SMILES string of the molecule is C#CCNC(=O)c1ccc(N2CC3CC=CCC3C2)nc1. The van der Waals surface area contributed by atoms with Crippen LogP contribution in [0.4, 0.5) is 5.82 Å². The number of carbonyl (C=O) groups excluding carboxylic acids is 1. The van der Waals surface area contributed by atoms with Crippen molar-refractivity contribution >= 4 is 11.7 Å². The highest BCUT2D eigenvalue weighted by Crippen LogP contribution is 2.34. The van der Waals surface area contributed by atoms with E-state index in [9.17, 15) is 4.79 Å². The summed E-state index contributed by atoms with van der Waals surface area (Å²) in [7, 11) is 0. The minimum atomic E-state index is -0.175. The van der Waals surface area contributed by atoms with Crippen molar-refractivity contribution in [2.45, 2.75) is 12.8 Å². The van der Waals surface area contributed by atoms with E-state index in [1.54, 1.807) is 6.20 Å². The molecule has 108 valence electrons. The molecule has 4 heteroatoms. The van der Waals surface area contributed by atoms with Crippen molar-refractivity contribution in [3.8, 4) is 12.3 Å². The van der Waals surface area contributed by atoms with Crippen LogP contribution in [0.1, 0.15) is 23.2 Å². The van der Waals surface area contributed by atoms with E-state index in [2.05, 4.69) is 33.3 Å². The van der Waals surface area contributed by atoms with Gasteiger partial charge < -0.3 is 10.2 Å². The molecule has 1 amide bonds. The average molecular weight is 281 g/mol. The molecule has 21 heavy (non-hydrogen) atoms. The first-order valence-electron chi connectivity index (χ1n) is 7.35. The first kappa shape index (κ1) is 13.7. The molecule has 0 aromatic carbocycles. The van der Waals surface area contributed by atoms with Gasteiger partial charge in [-0.2, -0.15) is 0 Å². The predicted octanol–water partition coefficient (Wildman–Crippen LogP) is 1.85. The van der Waals surface area contributed by atoms with E-state index in [0.717, 1.165) is 30.7 Å². The average Bonchev–Trinajstić information content (AvgIpc) is 2.96. The Morgan fingerprint density at radius 1 is 1.33 bits per heavy atom. The van der Waals surface area contributed by atoms with Gasteiger partial charge in [0.1, 0.15) is 5.82 Å². The number of aromatic nitrogens is 1. The maximum atomic E-state index is 11.8. The molecule has 1 saturated heterocycles. The molecule has 1 fully saturated rings. The number of allylic oxidation sites excluding steroid dienone is 2. The number of fused-ring (bicyclic) bond motifs is 1. The fraction of sp³-hybridized carbons (Fsp3) is 0.412. The van der Waals surface area contributed by atoms with Crippen molar-refractivity contribution in [1.29, 1.82) is 0 Å². The number of hydrogen-bond acceptors (Lipinski definition) is 3. The summed E-state index contributed by atoms with van der Waals surface area (Å²) in [5.74, 6) is 4.66. The number of pyridine rings is 1. The summed E-state index contributed by atoms with van der Waals surface area (Å²) >= 11 is 0. The van der Waals surface area contributed by atoms with Gasteiger partial charge in [0.25, 0.3) is 5.91 Å². The predicted molar refractivity (Wildman–Crippen MR) is 83.0 cm³/mol. The molecule has 1 N–H and O–H groups in total. The monoisotopic (exact) mass is 281 g/mol. The largest absolute Gasteiger partial charge is 0.356 e. The molecule has 0 radical (unpaired) electrons. The van der Waals surface area contributed by atoms with Crippen LogP contribution in [0.2, 0.25) is 0 Å². The Kier molecular flexibility index (Phi) is 3.92. The van der Waals surface area contributed by atoms with Crippen molar-refractivity contribution in [1.82, 2.24) is 10.3 Å². The van der Waals surface area contributed by atoms with Crippen LogP contribution in [0.5, 0.6) is 0 Å². The van der Waals surface area contributed by atoms with Crippen molar-refractivity contribution in [3.05, 3.63) is 36.0 Å². The molecule has 1 aromatic heterocycles. The Hall–Kier alpha value is -2.28. The molecule has 4 nitrogen and oxygen atoms in total. The quantitative estimate of drug-likeness (QED) is 0.679. The Balaban J connectivity index is 1.65. The fourth-order valence-corrected chi connectivity index (χ4v) is 3.14. The van der Waals surface area contributed by atoms with E-state index in [-0.39, 0.29) is 12.5 Å². The van der Waals surface area contributed by atoms with E-state index < -0.39 is 0 Å². The number of hydrogen-bond donors (Lipinski definition) is 1. The Morgan fingerprint density at radius 2 is 2.05 bits per heavy atom. The lowest BCUT2D eigenvalue weighted by atomic mass is 9.86. The molecule has 0 saturated carbocycles. The second-order valence-electron chi connectivity index (χ2n) is 5.66. The summed E-state index contributed by atoms with van der Waals surface area (Å²) < 4.78 is 0. The van der Waals surface area contributed by atoms with Gasteiger partial charge in [-0.25, -0.2) is 4.98 Å². The van der Waals surface area contributed by atoms with Gasteiger partial charge in [-0.3, -0.25) is 4.79 Å². The molecule has 2 atom stereocenters. The van der Waals surface area contributed by atoms with Crippen LogP contribution < -0.4 is 10.2 Å². The van der Waals surface area contributed by atoms with E-state index in [1.165, 1.54) is 12.8 Å². The molecular weight excluding hydrogens is 262 g/mol. The van der Waals surface area contributed by atoms with Gasteiger partial charge in [-0.1, -0.05) is 18.1 Å². The van der Waals surface area contributed by atoms with Crippen molar-refractivity contribution < 1.29 is 4.79 Å². The maximum Gasteiger partial charge on any atom is 0.253 e. The molecule has 2 heterocycles. The Bertz CT molecular complexity index is 569. The maximum absolute atomic E-state index is 11.8. The van der Waals surface area contributed by atoms with Gasteiger partial charge >= 0.3 is 0 Å². The van der Waals surface area contributed by atoms with Crippen molar-refractivity contribution in [2.75, 3.05) is 24.5 Å². The zero-order valence-electron chi connectivity index (χ0n) is 12.0. The van der Waals surface area contributed by atoms with Crippen LogP contribution in [0.15, 0.2) is 30.5 Å².